The Morgan fingerprint density at radius 3 is 2.60 bits per heavy atom. The minimum Gasteiger partial charge on any atom is -0.493 e. The van der Waals surface area contributed by atoms with E-state index in [-0.39, 0.29) is 5.56 Å². The van der Waals surface area contributed by atoms with Crippen molar-refractivity contribution in [1.29, 1.82) is 0 Å². The zero-order valence-corrected chi connectivity index (χ0v) is 10.00. The third-order valence-corrected chi connectivity index (χ3v) is 2.44. The average molecular weight is 275 g/mol. The molecule has 0 saturated carbocycles. The fraction of sp³-hybridized carbons (Fsp3) is 0.300. The smallest absolute Gasteiger partial charge is 0.336 e. The second kappa shape index (κ2) is 5.02. The van der Waals surface area contributed by atoms with Crippen LogP contribution in [0.15, 0.2) is 16.6 Å². The molecule has 5 heteroatoms. The molecule has 4 nitrogen and oxygen atoms in total. The number of hydrogen-bond acceptors (Lipinski definition) is 3. The number of carboxylic acids is 1. The maximum Gasteiger partial charge on any atom is 0.336 e. The molecule has 0 aromatic heterocycles. The number of ether oxygens (including phenoxy) is 2. The predicted molar refractivity (Wildman–Crippen MR) is 58.8 cm³/mol. The first-order chi connectivity index (χ1) is 7.10. The van der Waals surface area contributed by atoms with Gasteiger partial charge in [0.15, 0.2) is 11.5 Å². The first kappa shape index (κ1) is 11.8. The van der Waals surface area contributed by atoms with Gasteiger partial charge in [0.05, 0.1) is 19.3 Å². The number of hydrogen-bond donors (Lipinski definition) is 1. The third kappa shape index (κ3) is 2.62. The highest BCUT2D eigenvalue weighted by Crippen LogP contribution is 2.33. The average Bonchev–Trinajstić information content (AvgIpc) is 2.20. The molecule has 0 aliphatic rings. The molecule has 0 unspecified atom stereocenters. The van der Waals surface area contributed by atoms with Gasteiger partial charge in [-0.2, -0.15) is 0 Å². The van der Waals surface area contributed by atoms with Crippen molar-refractivity contribution in [2.45, 2.75) is 6.92 Å². The Morgan fingerprint density at radius 2 is 2.13 bits per heavy atom. The lowest BCUT2D eigenvalue weighted by atomic mass is 10.2. The Labute approximate surface area is 95.9 Å². The van der Waals surface area contributed by atoms with Crippen LogP contribution >= 0.6 is 15.9 Å². The van der Waals surface area contributed by atoms with Crippen molar-refractivity contribution >= 4 is 21.9 Å². The molecule has 0 fully saturated rings. The van der Waals surface area contributed by atoms with E-state index in [0.29, 0.717) is 22.6 Å². The second-order valence-corrected chi connectivity index (χ2v) is 3.58. The van der Waals surface area contributed by atoms with E-state index in [1.807, 2.05) is 6.92 Å². The van der Waals surface area contributed by atoms with Gasteiger partial charge in [0, 0.05) is 4.47 Å². The van der Waals surface area contributed by atoms with Gasteiger partial charge >= 0.3 is 5.97 Å². The molecule has 0 aliphatic heterocycles. The molecule has 0 spiro atoms. The summed E-state index contributed by atoms with van der Waals surface area (Å²) in [6, 6.07) is 3.02. The number of carbonyl (C=O) groups is 1. The fourth-order valence-corrected chi connectivity index (χ4v) is 1.62. The number of methoxy groups -OCH3 is 1. The van der Waals surface area contributed by atoms with E-state index >= 15 is 0 Å². The van der Waals surface area contributed by atoms with Crippen LogP contribution in [0, 0.1) is 0 Å². The molecule has 0 amide bonds. The molecule has 1 aromatic carbocycles. The van der Waals surface area contributed by atoms with E-state index in [2.05, 4.69) is 15.9 Å². The Kier molecular flexibility index (Phi) is 3.96. The van der Waals surface area contributed by atoms with Crippen molar-refractivity contribution in [3.63, 3.8) is 0 Å². The number of rotatable bonds is 4. The molecule has 0 heterocycles. The molecule has 82 valence electrons. The van der Waals surface area contributed by atoms with Gasteiger partial charge in [0.1, 0.15) is 0 Å². The highest BCUT2D eigenvalue weighted by atomic mass is 79.9. The Bertz CT molecular complexity index is 376. The minimum atomic E-state index is -1.01. The molecule has 0 radical (unpaired) electrons. The van der Waals surface area contributed by atoms with E-state index in [1.54, 1.807) is 6.07 Å². The van der Waals surface area contributed by atoms with Gasteiger partial charge in [-0.25, -0.2) is 4.79 Å². The van der Waals surface area contributed by atoms with E-state index in [9.17, 15) is 4.79 Å². The summed E-state index contributed by atoms with van der Waals surface area (Å²) in [6.45, 7) is 2.28. The zero-order chi connectivity index (χ0) is 11.4. The van der Waals surface area contributed by atoms with Gasteiger partial charge in [-0.3, -0.25) is 0 Å². The van der Waals surface area contributed by atoms with Crippen molar-refractivity contribution in [2.75, 3.05) is 13.7 Å². The summed E-state index contributed by atoms with van der Waals surface area (Å²) in [5.74, 6) is -0.0696. The van der Waals surface area contributed by atoms with Crippen LogP contribution in [0.2, 0.25) is 0 Å². The van der Waals surface area contributed by atoms with Crippen LogP contribution in [0.5, 0.6) is 11.5 Å². The summed E-state index contributed by atoms with van der Waals surface area (Å²) >= 11 is 3.16. The maximum atomic E-state index is 10.9. The highest BCUT2D eigenvalue weighted by Gasteiger charge is 2.14. The minimum absolute atomic E-state index is 0.152. The van der Waals surface area contributed by atoms with Gasteiger partial charge in [0.2, 0.25) is 0 Å². The summed E-state index contributed by atoms with van der Waals surface area (Å²) in [7, 11) is 1.50. The topological polar surface area (TPSA) is 55.8 Å². The third-order valence-electron chi connectivity index (χ3n) is 1.78. The van der Waals surface area contributed by atoms with Gasteiger partial charge in [-0.15, -0.1) is 0 Å². The molecular formula is C10H11BrO4. The van der Waals surface area contributed by atoms with Crippen molar-refractivity contribution < 1.29 is 19.4 Å². The first-order valence-electron chi connectivity index (χ1n) is 4.33. The van der Waals surface area contributed by atoms with Crippen molar-refractivity contribution in [3.8, 4) is 11.5 Å². The van der Waals surface area contributed by atoms with Crippen molar-refractivity contribution in [1.82, 2.24) is 0 Å². The number of benzene rings is 1. The van der Waals surface area contributed by atoms with Crippen LogP contribution < -0.4 is 9.47 Å². The van der Waals surface area contributed by atoms with Gasteiger partial charge in [-0.05, 0) is 35.0 Å². The Morgan fingerprint density at radius 1 is 1.47 bits per heavy atom. The van der Waals surface area contributed by atoms with Crippen molar-refractivity contribution in [3.05, 3.63) is 22.2 Å². The first-order valence-corrected chi connectivity index (χ1v) is 5.13. The van der Waals surface area contributed by atoms with Crippen LogP contribution in [-0.4, -0.2) is 24.8 Å². The quantitative estimate of drug-likeness (QED) is 0.917. The molecule has 1 rings (SSSR count). The number of carboxylic acid groups (broad SMARTS) is 1. The molecule has 0 saturated heterocycles. The monoisotopic (exact) mass is 274 g/mol. The van der Waals surface area contributed by atoms with Crippen LogP contribution in [0.25, 0.3) is 0 Å². The normalized spacial score (nSPS) is 9.80. The molecule has 0 atom stereocenters. The van der Waals surface area contributed by atoms with E-state index in [4.69, 9.17) is 14.6 Å². The summed E-state index contributed by atoms with van der Waals surface area (Å²) in [4.78, 5) is 10.9. The summed E-state index contributed by atoms with van der Waals surface area (Å²) < 4.78 is 10.8. The Balaban J connectivity index is 3.23. The van der Waals surface area contributed by atoms with Gasteiger partial charge in [0.25, 0.3) is 0 Å². The predicted octanol–water partition coefficient (Wildman–Crippen LogP) is 2.55. The van der Waals surface area contributed by atoms with Crippen molar-refractivity contribution in [2.24, 2.45) is 0 Å². The lowest BCUT2D eigenvalue weighted by Gasteiger charge is -2.11. The van der Waals surface area contributed by atoms with Gasteiger partial charge in [-0.1, -0.05) is 0 Å². The summed E-state index contributed by atoms with van der Waals surface area (Å²) in [6.07, 6.45) is 0. The SMILES string of the molecule is CCOc1cc(C(=O)O)c(Br)cc1OC. The molecule has 1 aromatic rings. The lowest BCUT2D eigenvalue weighted by molar-refractivity contribution is 0.0695. The number of aromatic carboxylic acids is 1. The van der Waals surface area contributed by atoms with Gasteiger partial charge < -0.3 is 14.6 Å². The Hall–Kier alpha value is -1.23. The molecule has 0 aliphatic carbocycles. The zero-order valence-electron chi connectivity index (χ0n) is 8.41. The highest BCUT2D eigenvalue weighted by molar-refractivity contribution is 9.10. The van der Waals surface area contributed by atoms with Crippen LogP contribution in [-0.2, 0) is 0 Å². The largest absolute Gasteiger partial charge is 0.493 e. The fourth-order valence-electron chi connectivity index (χ4n) is 1.13. The van der Waals surface area contributed by atoms with Crippen LogP contribution in [0.4, 0.5) is 0 Å². The van der Waals surface area contributed by atoms with E-state index in [1.165, 1.54) is 13.2 Å². The van der Waals surface area contributed by atoms with Crippen LogP contribution in [0.3, 0.4) is 0 Å². The standard InChI is InChI=1S/C10H11BrO4/c1-3-15-9-4-6(10(12)13)7(11)5-8(9)14-2/h4-5H,3H2,1-2H3,(H,12,13). The lowest BCUT2D eigenvalue weighted by Crippen LogP contribution is -2.01. The molecule has 0 bridgehead atoms. The van der Waals surface area contributed by atoms with E-state index in [0.717, 1.165) is 0 Å². The summed E-state index contributed by atoms with van der Waals surface area (Å²) in [5, 5.41) is 8.90. The molecular weight excluding hydrogens is 264 g/mol. The molecule has 1 N–H and O–H groups in total. The molecule has 15 heavy (non-hydrogen) atoms. The maximum absolute atomic E-state index is 10.9. The summed E-state index contributed by atoms with van der Waals surface area (Å²) in [5.41, 5.74) is 0.152. The van der Waals surface area contributed by atoms with E-state index < -0.39 is 5.97 Å². The number of halogens is 1. The van der Waals surface area contributed by atoms with Crippen LogP contribution in [0.1, 0.15) is 17.3 Å². The second-order valence-electron chi connectivity index (χ2n) is 2.72.